The highest BCUT2D eigenvalue weighted by molar-refractivity contribution is 7.91. The number of aliphatic carboxylic acids is 1. The molecule has 0 fully saturated rings. The van der Waals surface area contributed by atoms with Gasteiger partial charge in [0.15, 0.2) is 21.4 Å². The van der Waals surface area contributed by atoms with Crippen LogP contribution in [0, 0.1) is 5.82 Å². The highest BCUT2D eigenvalue weighted by atomic mass is 32.2. The molecule has 0 saturated heterocycles. The Balaban J connectivity index is 2.86. The number of ether oxygens (including phenoxy) is 1. The SMILES string of the molecule is CCS(=O)(=O)CCOc1c(F)cccc1/C=C/C(=O)O. The molecular weight excluding hydrogens is 287 g/mol. The predicted molar refractivity (Wildman–Crippen MR) is 72.9 cm³/mol. The third-order valence-electron chi connectivity index (χ3n) is 2.48. The van der Waals surface area contributed by atoms with Crippen LogP contribution in [0.15, 0.2) is 24.3 Å². The lowest BCUT2D eigenvalue weighted by atomic mass is 10.2. The van der Waals surface area contributed by atoms with Gasteiger partial charge in [-0.05, 0) is 12.1 Å². The van der Waals surface area contributed by atoms with Gasteiger partial charge in [-0.25, -0.2) is 17.6 Å². The lowest BCUT2D eigenvalue weighted by Crippen LogP contribution is -2.16. The first-order valence-corrected chi connectivity index (χ1v) is 7.70. The Hall–Kier alpha value is -1.89. The number of carboxylic acid groups (broad SMARTS) is 1. The Labute approximate surface area is 116 Å². The van der Waals surface area contributed by atoms with E-state index in [0.717, 1.165) is 12.1 Å². The summed E-state index contributed by atoms with van der Waals surface area (Å²) in [5.41, 5.74) is 0.237. The molecule has 0 bridgehead atoms. The van der Waals surface area contributed by atoms with Crippen LogP contribution in [0.25, 0.3) is 6.08 Å². The van der Waals surface area contributed by atoms with Crippen LogP contribution in [0.3, 0.4) is 0 Å². The maximum atomic E-state index is 13.6. The Morgan fingerprint density at radius 2 is 2.15 bits per heavy atom. The Morgan fingerprint density at radius 3 is 2.75 bits per heavy atom. The molecule has 1 aromatic rings. The maximum Gasteiger partial charge on any atom is 0.328 e. The van der Waals surface area contributed by atoms with E-state index < -0.39 is 21.6 Å². The number of carbonyl (C=O) groups is 1. The molecule has 20 heavy (non-hydrogen) atoms. The zero-order valence-corrected chi connectivity index (χ0v) is 11.7. The minimum atomic E-state index is -3.20. The minimum Gasteiger partial charge on any atom is -0.489 e. The van der Waals surface area contributed by atoms with Crippen LogP contribution in [-0.4, -0.2) is 37.6 Å². The van der Waals surface area contributed by atoms with Crippen molar-refractivity contribution in [2.45, 2.75) is 6.92 Å². The van der Waals surface area contributed by atoms with E-state index in [1.807, 2.05) is 0 Å². The summed E-state index contributed by atoms with van der Waals surface area (Å²) in [6, 6.07) is 4.04. The summed E-state index contributed by atoms with van der Waals surface area (Å²) in [5, 5.41) is 8.55. The predicted octanol–water partition coefficient (Wildman–Crippen LogP) is 1.74. The zero-order chi connectivity index (χ0) is 15.2. The number of hydrogen-bond donors (Lipinski definition) is 1. The normalized spacial score (nSPS) is 11.7. The topological polar surface area (TPSA) is 80.7 Å². The molecule has 0 aliphatic carbocycles. The molecule has 0 heterocycles. The van der Waals surface area contributed by atoms with Gasteiger partial charge in [0.25, 0.3) is 0 Å². The smallest absolute Gasteiger partial charge is 0.328 e. The van der Waals surface area contributed by atoms with E-state index in [-0.39, 0.29) is 29.4 Å². The van der Waals surface area contributed by atoms with Gasteiger partial charge in [0, 0.05) is 17.4 Å². The quantitative estimate of drug-likeness (QED) is 0.776. The zero-order valence-electron chi connectivity index (χ0n) is 10.9. The first-order chi connectivity index (χ1) is 9.35. The van der Waals surface area contributed by atoms with Crippen molar-refractivity contribution in [1.82, 2.24) is 0 Å². The van der Waals surface area contributed by atoms with Crippen molar-refractivity contribution >= 4 is 21.9 Å². The van der Waals surface area contributed by atoms with Crippen molar-refractivity contribution in [3.05, 3.63) is 35.7 Å². The molecule has 7 heteroatoms. The molecule has 0 amide bonds. The second kappa shape index (κ2) is 7.04. The number of rotatable bonds is 7. The number of sulfone groups is 1. The van der Waals surface area contributed by atoms with Crippen LogP contribution < -0.4 is 4.74 Å². The van der Waals surface area contributed by atoms with E-state index in [1.54, 1.807) is 0 Å². The van der Waals surface area contributed by atoms with Crippen molar-refractivity contribution in [1.29, 1.82) is 0 Å². The number of benzene rings is 1. The number of halogens is 1. The molecule has 0 aliphatic heterocycles. The molecule has 0 radical (unpaired) electrons. The van der Waals surface area contributed by atoms with Crippen LogP contribution >= 0.6 is 0 Å². The highest BCUT2D eigenvalue weighted by Crippen LogP contribution is 2.24. The lowest BCUT2D eigenvalue weighted by Gasteiger charge is -2.10. The van der Waals surface area contributed by atoms with Gasteiger partial charge in [-0.3, -0.25) is 0 Å². The van der Waals surface area contributed by atoms with E-state index in [2.05, 4.69) is 0 Å². The number of para-hydroxylation sites is 1. The summed E-state index contributed by atoms with van der Waals surface area (Å²) >= 11 is 0. The third-order valence-corrected chi connectivity index (χ3v) is 4.15. The molecule has 0 spiro atoms. The fraction of sp³-hybridized carbons (Fsp3) is 0.308. The van der Waals surface area contributed by atoms with E-state index >= 15 is 0 Å². The van der Waals surface area contributed by atoms with E-state index in [1.165, 1.54) is 25.1 Å². The van der Waals surface area contributed by atoms with Crippen molar-refractivity contribution in [2.75, 3.05) is 18.1 Å². The summed E-state index contributed by atoms with van der Waals surface area (Å²) in [6.45, 7) is 1.32. The van der Waals surface area contributed by atoms with Gasteiger partial charge in [-0.1, -0.05) is 19.1 Å². The van der Waals surface area contributed by atoms with E-state index in [0.29, 0.717) is 0 Å². The van der Waals surface area contributed by atoms with Gasteiger partial charge in [-0.15, -0.1) is 0 Å². The lowest BCUT2D eigenvalue weighted by molar-refractivity contribution is -0.131. The van der Waals surface area contributed by atoms with Gasteiger partial charge in [0.2, 0.25) is 0 Å². The molecule has 0 unspecified atom stereocenters. The Morgan fingerprint density at radius 1 is 1.45 bits per heavy atom. The summed E-state index contributed by atoms with van der Waals surface area (Å²) in [6.07, 6.45) is 2.04. The van der Waals surface area contributed by atoms with Gasteiger partial charge < -0.3 is 9.84 Å². The fourth-order valence-corrected chi connectivity index (χ4v) is 2.01. The van der Waals surface area contributed by atoms with Crippen LogP contribution in [0.1, 0.15) is 12.5 Å². The van der Waals surface area contributed by atoms with Crippen molar-refractivity contribution in [3.8, 4) is 5.75 Å². The van der Waals surface area contributed by atoms with Crippen LogP contribution in [0.4, 0.5) is 4.39 Å². The summed E-state index contributed by atoms with van der Waals surface area (Å²) in [7, 11) is -3.20. The molecule has 110 valence electrons. The Kier molecular flexibility index (Phi) is 5.69. The standard InChI is InChI=1S/C13H15FO5S/c1-2-20(17,18)9-8-19-13-10(6-7-12(15)16)4-3-5-11(13)14/h3-7H,2,8-9H2,1H3,(H,15,16)/b7-6+. The van der Waals surface area contributed by atoms with E-state index in [9.17, 15) is 17.6 Å². The minimum absolute atomic E-state index is 0.0145. The van der Waals surface area contributed by atoms with Crippen LogP contribution in [0.5, 0.6) is 5.75 Å². The summed E-state index contributed by atoms with van der Waals surface area (Å²) < 4.78 is 41.4. The van der Waals surface area contributed by atoms with Gasteiger partial charge in [0.05, 0.1) is 5.75 Å². The average Bonchev–Trinajstić information content (AvgIpc) is 2.38. The van der Waals surface area contributed by atoms with Crippen LogP contribution in [-0.2, 0) is 14.6 Å². The Bertz CT molecular complexity index is 607. The van der Waals surface area contributed by atoms with Gasteiger partial charge in [0.1, 0.15) is 6.61 Å². The number of carboxylic acids is 1. The number of hydrogen-bond acceptors (Lipinski definition) is 4. The van der Waals surface area contributed by atoms with E-state index in [4.69, 9.17) is 9.84 Å². The molecule has 0 atom stereocenters. The first-order valence-electron chi connectivity index (χ1n) is 5.88. The molecule has 0 aromatic heterocycles. The molecule has 1 N–H and O–H groups in total. The summed E-state index contributed by atoms with van der Waals surface area (Å²) in [5.74, 6) is -2.24. The second-order valence-electron chi connectivity index (χ2n) is 3.91. The largest absolute Gasteiger partial charge is 0.489 e. The molecular formula is C13H15FO5S. The maximum absolute atomic E-state index is 13.6. The molecule has 0 aliphatic rings. The fourth-order valence-electron chi connectivity index (χ4n) is 1.39. The third kappa shape index (κ3) is 5.00. The molecule has 5 nitrogen and oxygen atoms in total. The summed E-state index contributed by atoms with van der Waals surface area (Å²) in [4.78, 5) is 10.5. The second-order valence-corrected chi connectivity index (χ2v) is 6.39. The molecule has 1 aromatic carbocycles. The van der Waals surface area contributed by atoms with Gasteiger partial charge >= 0.3 is 5.97 Å². The first kappa shape index (κ1) is 16.2. The van der Waals surface area contributed by atoms with Crippen LogP contribution in [0.2, 0.25) is 0 Å². The van der Waals surface area contributed by atoms with Gasteiger partial charge in [-0.2, -0.15) is 0 Å². The average molecular weight is 302 g/mol. The van der Waals surface area contributed by atoms with Crippen molar-refractivity contribution in [3.63, 3.8) is 0 Å². The monoisotopic (exact) mass is 302 g/mol. The van der Waals surface area contributed by atoms with Crippen molar-refractivity contribution < 1.29 is 27.4 Å². The molecule has 1 rings (SSSR count). The molecule has 0 saturated carbocycles. The van der Waals surface area contributed by atoms with Crippen molar-refractivity contribution in [2.24, 2.45) is 0 Å². The highest BCUT2D eigenvalue weighted by Gasteiger charge is 2.11.